The summed E-state index contributed by atoms with van der Waals surface area (Å²) in [6.07, 6.45) is 17.1. The van der Waals surface area contributed by atoms with Crippen LogP contribution >= 0.6 is 0 Å². The number of para-hydroxylation sites is 1. The SMILES string of the molecule is CC1CCC2CC[C@H]3[C@@](C)(C(=O)NC(=O)[C@@]4(C)CCC[C@]5(C)c6cc(NC(=O)[C@@H](N)CCCCCC(=O)OCc7ccc(CC(=O)[C@H](CCCCC(N)=O)NC(=O)[C@@H](CC(=O)CCOCCOCCOCCOCCNC(=O)CCC(=O)N8Cc9ccccc9C#Cc9ccccc98)C(C)C)cc7)ccc6CC[C@@H]45)CCC[C@]3(C)C2C1. The third kappa shape index (κ3) is 23.9. The molecule has 4 aromatic rings. The van der Waals surface area contributed by atoms with Gasteiger partial charge in [0.15, 0.2) is 5.78 Å². The number of benzene rings is 4. The Labute approximate surface area is 687 Å². The summed E-state index contributed by atoms with van der Waals surface area (Å²) in [6, 6.07) is 26.9. The number of anilines is 2. The lowest BCUT2D eigenvalue weighted by molar-refractivity contribution is -0.161. The largest absolute Gasteiger partial charge is 0.461 e. The third-order valence-electron chi connectivity index (χ3n) is 26.7. The second-order valence-corrected chi connectivity index (χ2v) is 35.3. The van der Waals surface area contributed by atoms with Crippen LogP contribution in [0.3, 0.4) is 0 Å². The Morgan fingerprint density at radius 1 is 0.612 bits per heavy atom. The van der Waals surface area contributed by atoms with Crippen molar-refractivity contribution in [3.05, 3.63) is 130 Å². The normalized spacial score (nSPS) is 23.9. The predicted octanol–water partition coefficient (Wildman–Crippen LogP) is 13.1. The number of hydrogen-bond donors (Lipinski definition) is 6. The molecule has 1 aliphatic heterocycles. The number of nitrogens with zero attached hydrogens (tertiary/aromatic N) is 1. The first-order valence-electron chi connectivity index (χ1n) is 43.2. The zero-order chi connectivity index (χ0) is 83.0. The molecule has 4 fully saturated rings. The third-order valence-corrected chi connectivity index (χ3v) is 26.7. The van der Waals surface area contributed by atoms with E-state index >= 15 is 0 Å². The highest BCUT2D eigenvalue weighted by Gasteiger charge is 2.61. The maximum atomic E-state index is 14.8. The van der Waals surface area contributed by atoms with Crippen LogP contribution in [-0.2, 0) is 103 Å². The predicted molar refractivity (Wildman–Crippen MR) is 446 cm³/mol. The fraction of sp³-hybridized carbons (Fsp3) is 0.617. The molecule has 1 heterocycles. The van der Waals surface area contributed by atoms with Crippen molar-refractivity contribution in [3.63, 3.8) is 0 Å². The molecule has 3 unspecified atom stereocenters. The van der Waals surface area contributed by atoms with Gasteiger partial charge < -0.3 is 56.0 Å². The highest BCUT2D eigenvalue weighted by atomic mass is 16.6. The molecule has 6 aliphatic rings. The van der Waals surface area contributed by atoms with E-state index in [0.29, 0.717) is 88.7 Å². The number of nitrogens with two attached hydrogens (primary N) is 2. The number of ether oxygens (including phenoxy) is 5. The molecule has 0 spiro atoms. The van der Waals surface area contributed by atoms with Gasteiger partial charge in [-0.3, -0.25) is 53.3 Å². The molecule has 10 rings (SSSR count). The topological polar surface area (TPSA) is 320 Å². The maximum absolute atomic E-state index is 14.8. The van der Waals surface area contributed by atoms with Crippen molar-refractivity contribution in [2.45, 2.75) is 252 Å². The minimum Gasteiger partial charge on any atom is -0.461 e. The average Bonchev–Trinajstić information content (AvgIpc) is 0.718. The van der Waals surface area contributed by atoms with Gasteiger partial charge in [-0.15, -0.1) is 0 Å². The molecule has 4 saturated carbocycles. The molecule has 12 atom stereocenters. The Hall–Kier alpha value is -8.46. The number of hydrogen-bond acceptors (Lipinski definition) is 16. The van der Waals surface area contributed by atoms with Crippen LogP contribution in [0.5, 0.6) is 0 Å². The van der Waals surface area contributed by atoms with Crippen molar-refractivity contribution >= 4 is 70.3 Å². The zero-order valence-electron chi connectivity index (χ0n) is 70.0. The van der Waals surface area contributed by atoms with E-state index in [1.54, 1.807) is 29.2 Å². The second-order valence-electron chi connectivity index (χ2n) is 35.3. The molecule has 22 nitrogen and oxygen atoms in total. The van der Waals surface area contributed by atoms with Crippen molar-refractivity contribution in [3.8, 4) is 11.8 Å². The van der Waals surface area contributed by atoms with Crippen LogP contribution in [0.4, 0.5) is 11.4 Å². The number of rotatable bonds is 43. The molecule has 0 aromatic heterocycles. The molecule has 0 saturated heterocycles. The Morgan fingerprint density at radius 2 is 1.25 bits per heavy atom. The van der Waals surface area contributed by atoms with Crippen LogP contribution in [0.25, 0.3) is 0 Å². The monoisotopic (exact) mass is 1600 g/mol. The Kier molecular flexibility index (Phi) is 33.2. The maximum Gasteiger partial charge on any atom is 0.306 e. The van der Waals surface area contributed by atoms with Gasteiger partial charge in [-0.25, -0.2) is 0 Å². The van der Waals surface area contributed by atoms with Crippen molar-refractivity contribution in [2.75, 3.05) is 69.6 Å². The highest BCUT2D eigenvalue weighted by molar-refractivity contribution is 6.01. The summed E-state index contributed by atoms with van der Waals surface area (Å²) in [5.74, 6) is 5.34. The molecule has 0 radical (unpaired) electrons. The number of primary amides is 1. The van der Waals surface area contributed by atoms with E-state index in [0.717, 1.165) is 96.7 Å². The van der Waals surface area contributed by atoms with Crippen LogP contribution in [0.1, 0.15) is 248 Å². The van der Waals surface area contributed by atoms with Crippen molar-refractivity contribution < 1.29 is 71.6 Å². The van der Waals surface area contributed by atoms with E-state index in [2.05, 4.69) is 79.9 Å². The summed E-state index contributed by atoms with van der Waals surface area (Å²) in [5, 5.41) is 12.0. The van der Waals surface area contributed by atoms with Crippen LogP contribution in [0, 0.1) is 69.5 Å². The van der Waals surface area contributed by atoms with E-state index in [1.807, 2.05) is 68.4 Å². The van der Waals surface area contributed by atoms with E-state index in [9.17, 15) is 47.9 Å². The second kappa shape index (κ2) is 42.8. The molecule has 116 heavy (non-hydrogen) atoms. The molecule has 0 bridgehead atoms. The number of aryl methyl sites for hydroxylation is 1. The number of esters is 1. The first-order valence-corrected chi connectivity index (χ1v) is 43.2. The number of carbonyl (C=O) groups is 10. The molecule has 4 aromatic carbocycles. The Morgan fingerprint density at radius 3 is 1.97 bits per heavy atom. The van der Waals surface area contributed by atoms with Crippen LogP contribution in [-0.4, -0.2) is 130 Å². The Bertz CT molecular complexity index is 4130. The van der Waals surface area contributed by atoms with Gasteiger partial charge in [-0.05, 0) is 194 Å². The fourth-order valence-corrected chi connectivity index (χ4v) is 20.0. The number of unbranched alkanes of at least 4 members (excludes halogenated alkanes) is 3. The van der Waals surface area contributed by atoms with Gasteiger partial charge >= 0.3 is 5.97 Å². The first-order chi connectivity index (χ1) is 55.7. The van der Waals surface area contributed by atoms with E-state index in [1.165, 1.54) is 37.7 Å². The smallest absolute Gasteiger partial charge is 0.306 e. The molecule has 22 heteroatoms. The van der Waals surface area contributed by atoms with E-state index in [-0.39, 0.29) is 167 Å². The number of carbonyl (C=O) groups excluding carboxylic acids is 10. The molecular formula is C94H129N7O15. The lowest BCUT2D eigenvalue weighted by Crippen LogP contribution is -2.61. The molecule has 7 amide bonds. The van der Waals surface area contributed by atoms with Crippen LogP contribution in [0.2, 0.25) is 0 Å². The number of imide groups is 1. The average molecular weight is 1600 g/mol. The number of amides is 7. The molecular weight excluding hydrogens is 1470 g/mol. The van der Waals surface area contributed by atoms with E-state index < -0.39 is 40.6 Å². The molecule has 5 aliphatic carbocycles. The number of fused-ring (bicyclic) bond motifs is 8. The van der Waals surface area contributed by atoms with Gasteiger partial charge in [-0.1, -0.05) is 159 Å². The number of nitrogens with one attached hydrogen (secondary N) is 4. The van der Waals surface area contributed by atoms with Crippen molar-refractivity contribution in [2.24, 2.45) is 69.1 Å². The number of Topliss-reactive ketones (excluding diaryl/α,β-unsaturated/α-hetero) is 2. The van der Waals surface area contributed by atoms with Crippen LogP contribution in [0.15, 0.2) is 91.0 Å². The lowest BCUT2D eigenvalue weighted by atomic mass is 9.43. The van der Waals surface area contributed by atoms with Gasteiger partial charge in [0.2, 0.25) is 41.4 Å². The van der Waals surface area contributed by atoms with Crippen molar-refractivity contribution in [1.29, 1.82) is 0 Å². The summed E-state index contributed by atoms with van der Waals surface area (Å²) in [4.78, 5) is 137. The zero-order valence-corrected chi connectivity index (χ0v) is 70.0. The minimum atomic E-state index is -0.879. The van der Waals surface area contributed by atoms with Crippen molar-refractivity contribution in [1.82, 2.24) is 16.0 Å². The first kappa shape index (κ1) is 89.9. The van der Waals surface area contributed by atoms with Gasteiger partial charge in [-0.2, -0.15) is 0 Å². The summed E-state index contributed by atoms with van der Waals surface area (Å²) in [6.45, 7) is 18.0. The minimum absolute atomic E-state index is 0.00357. The van der Waals surface area contributed by atoms with Gasteiger partial charge in [0, 0.05) is 74.2 Å². The molecule has 8 N–H and O–H groups in total. The highest BCUT2D eigenvalue weighted by Crippen LogP contribution is 2.65. The standard InChI is InChI=1S/C94H129N7O15/c1-63(2)74(60-73(102)43-49-112-51-53-114-55-56-115-54-52-113-50-48-97-84(105)41-42-85(106)101-61-71-21-12-11-19-67(71)33-34-70-20-13-15-24-79(70)101)87(108)99-78(23-14-16-25-83(96)104)80(103)58-65-28-30-66(31-29-65)62-116-86(107)26-10-8-9-22-77(95)88(109)98-72-38-35-69-37-40-82-92(5,76(69)59-72)45-18-47-94(82,7)90(111)100-89(110)93(6)46-17-44-91(4)75-57-64(3)27-32-68(75)36-39-81(91)93/h11-13,15,19-21,24,28-31,35,38,59,63-64,68,74-75,77-78,81-82H,8-10,14,16-18,22-23,25-27,32,36-37,39-58,60-62,95H2,1-7H3,(H2,96,104)(H,97,105)(H,98,109)(H,99,108)(H,100,110,111)/t64?,68?,74-,75?,77-,78-,81+,82+,91+,92+,93-,94-/m0/s1. The summed E-state index contributed by atoms with van der Waals surface area (Å²) >= 11 is 0. The fourth-order valence-electron chi connectivity index (χ4n) is 20.0. The molecule has 630 valence electrons. The number of ketones is 2. The quantitative estimate of drug-likeness (QED) is 0.0104. The summed E-state index contributed by atoms with van der Waals surface area (Å²) < 4.78 is 28.1. The van der Waals surface area contributed by atoms with Gasteiger partial charge in [0.1, 0.15) is 12.4 Å². The summed E-state index contributed by atoms with van der Waals surface area (Å²) in [5.41, 5.74) is 18.1. The lowest BCUT2D eigenvalue weighted by Gasteiger charge is -2.61. The van der Waals surface area contributed by atoms with Gasteiger partial charge in [0.05, 0.1) is 88.0 Å². The van der Waals surface area contributed by atoms with Crippen LogP contribution < -0.4 is 37.6 Å². The Balaban J connectivity index is 0.566. The van der Waals surface area contributed by atoms with E-state index in [4.69, 9.17) is 35.2 Å². The summed E-state index contributed by atoms with van der Waals surface area (Å²) in [7, 11) is 0. The van der Waals surface area contributed by atoms with Gasteiger partial charge in [0.25, 0.3) is 0 Å².